The van der Waals surface area contributed by atoms with Gasteiger partial charge in [-0.15, -0.1) is 12.4 Å². The third-order valence-electron chi connectivity index (χ3n) is 9.50. The molecular weight excluding hydrogens is 628 g/mol. The molecule has 0 aliphatic carbocycles. The van der Waals surface area contributed by atoms with Crippen LogP contribution in [0.1, 0.15) is 57.3 Å². The lowest BCUT2D eigenvalue weighted by Crippen LogP contribution is -2.42. The van der Waals surface area contributed by atoms with E-state index < -0.39 is 0 Å². The summed E-state index contributed by atoms with van der Waals surface area (Å²) in [5.74, 6) is 0.956. The normalized spacial score (nSPS) is 16.0. The molecule has 1 atom stereocenters. The standard InChI is InChI=1S/C38H34N4O5.ClH/c1-24-18-25-6-2-3-7-26(25)22-41(24)37(44)31-21-36-35(46-23-47-36)20-30(31)34-19-32(33-8-4-5-17-40(33)34)38(45)42(28-13-15-39-16-14-28)27-9-11-29(43)12-10-27;/h2-3,6-7,9-16,19-21,24,43H,4-5,8,17-18,22-23H2,1H3;1H/t24-;/m1./s1. The van der Waals surface area contributed by atoms with Crippen molar-refractivity contribution in [1.29, 1.82) is 0 Å². The quantitative estimate of drug-likeness (QED) is 0.212. The summed E-state index contributed by atoms with van der Waals surface area (Å²) >= 11 is 0. The number of ether oxygens (including phenoxy) is 2. The average molecular weight is 663 g/mol. The number of pyridine rings is 1. The van der Waals surface area contributed by atoms with Crippen LogP contribution in [-0.2, 0) is 25.9 Å². The Morgan fingerprint density at radius 2 is 1.58 bits per heavy atom. The first-order valence-corrected chi connectivity index (χ1v) is 16.0. The Kier molecular flexibility index (Phi) is 8.31. The summed E-state index contributed by atoms with van der Waals surface area (Å²) in [6.07, 6.45) is 6.73. The van der Waals surface area contributed by atoms with Crippen LogP contribution in [0.4, 0.5) is 11.4 Å². The van der Waals surface area contributed by atoms with Crippen molar-refractivity contribution in [3.05, 3.63) is 119 Å². The molecule has 3 aliphatic heterocycles. The van der Waals surface area contributed by atoms with Crippen molar-refractivity contribution in [3.8, 4) is 28.5 Å². The van der Waals surface area contributed by atoms with Crippen molar-refractivity contribution in [2.24, 2.45) is 0 Å². The van der Waals surface area contributed by atoms with E-state index in [1.165, 1.54) is 5.56 Å². The van der Waals surface area contributed by atoms with Crippen molar-refractivity contribution < 1.29 is 24.2 Å². The third-order valence-corrected chi connectivity index (χ3v) is 9.50. The van der Waals surface area contributed by atoms with E-state index in [4.69, 9.17) is 9.47 Å². The van der Waals surface area contributed by atoms with Gasteiger partial charge in [0.1, 0.15) is 5.75 Å². The van der Waals surface area contributed by atoms with Crippen LogP contribution in [0.15, 0.2) is 91.3 Å². The molecule has 0 unspecified atom stereocenters. The fraction of sp³-hybridized carbons (Fsp3) is 0.237. The molecule has 0 bridgehead atoms. The van der Waals surface area contributed by atoms with Gasteiger partial charge < -0.3 is 24.0 Å². The van der Waals surface area contributed by atoms with Crippen molar-refractivity contribution in [2.75, 3.05) is 11.7 Å². The first-order chi connectivity index (χ1) is 23.0. The molecule has 5 aromatic rings. The first-order valence-electron chi connectivity index (χ1n) is 16.0. The number of carbonyl (C=O) groups is 2. The highest BCUT2D eigenvalue weighted by atomic mass is 35.5. The van der Waals surface area contributed by atoms with E-state index in [0.717, 1.165) is 49.2 Å². The number of halogens is 1. The second kappa shape index (κ2) is 12.7. The van der Waals surface area contributed by atoms with Gasteiger partial charge >= 0.3 is 0 Å². The minimum atomic E-state index is -0.200. The van der Waals surface area contributed by atoms with Crippen molar-refractivity contribution in [2.45, 2.75) is 51.7 Å². The lowest BCUT2D eigenvalue weighted by atomic mass is 9.93. The van der Waals surface area contributed by atoms with E-state index in [9.17, 15) is 14.7 Å². The molecule has 48 heavy (non-hydrogen) atoms. The zero-order valence-corrected chi connectivity index (χ0v) is 27.3. The van der Waals surface area contributed by atoms with Gasteiger partial charge in [0.05, 0.1) is 16.8 Å². The number of aromatic nitrogens is 2. The van der Waals surface area contributed by atoms with Gasteiger partial charge in [0, 0.05) is 54.2 Å². The number of aromatic hydroxyl groups is 1. The summed E-state index contributed by atoms with van der Waals surface area (Å²) in [4.78, 5) is 37.0. The van der Waals surface area contributed by atoms with Crippen LogP contribution >= 0.6 is 12.4 Å². The van der Waals surface area contributed by atoms with Gasteiger partial charge in [-0.25, -0.2) is 0 Å². The number of phenolic OH excluding ortho intramolecular Hbond substituents is 1. The number of benzene rings is 3. The summed E-state index contributed by atoms with van der Waals surface area (Å²) in [5.41, 5.74) is 7.25. The van der Waals surface area contributed by atoms with Gasteiger partial charge in [-0.05, 0) is 98.3 Å². The topological polar surface area (TPSA) is 97.1 Å². The molecule has 0 fully saturated rings. The second-order valence-electron chi connectivity index (χ2n) is 12.4. The smallest absolute Gasteiger partial charge is 0.264 e. The first kappa shape index (κ1) is 31.3. The zero-order chi connectivity index (χ0) is 32.1. The number of carbonyl (C=O) groups excluding carboxylic acids is 2. The maximum absolute atomic E-state index is 14.7. The van der Waals surface area contributed by atoms with E-state index >= 15 is 0 Å². The number of fused-ring (bicyclic) bond motifs is 3. The second-order valence-corrected chi connectivity index (χ2v) is 12.4. The molecule has 0 radical (unpaired) electrons. The van der Waals surface area contributed by atoms with Crippen LogP contribution in [0, 0.1) is 0 Å². The van der Waals surface area contributed by atoms with Crippen LogP contribution in [0.25, 0.3) is 11.3 Å². The van der Waals surface area contributed by atoms with Gasteiger partial charge in [0.25, 0.3) is 11.8 Å². The number of amides is 2. The monoisotopic (exact) mass is 662 g/mol. The highest BCUT2D eigenvalue weighted by Gasteiger charge is 2.34. The number of nitrogens with zero attached hydrogens (tertiary/aromatic N) is 4. The number of phenols is 1. The Hall–Kier alpha value is -5.28. The maximum Gasteiger partial charge on any atom is 0.264 e. The van der Waals surface area contributed by atoms with Gasteiger partial charge in [-0.2, -0.15) is 0 Å². The summed E-state index contributed by atoms with van der Waals surface area (Å²) in [6, 6.07) is 24.1. The molecule has 0 saturated carbocycles. The van der Waals surface area contributed by atoms with Crippen LogP contribution in [0.5, 0.6) is 17.2 Å². The van der Waals surface area contributed by atoms with Gasteiger partial charge in [0.15, 0.2) is 11.5 Å². The Balaban J connectivity index is 0.00000364. The average Bonchev–Trinajstić information content (AvgIpc) is 3.73. The largest absolute Gasteiger partial charge is 0.508 e. The van der Waals surface area contributed by atoms with Crippen molar-refractivity contribution in [1.82, 2.24) is 14.5 Å². The Morgan fingerprint density at radius 3 is 2.35 bits per heavy atom. The van der Waals surface area contributed by atoms with E-state index in [1.807, 2.05) is 29.2 Å². The molecule has 3 aromatic carbocycles. The molecule has 9 nitrogen and oxygen atoms in total. The van der Waals surface area contributed by atoms with E-state index in [2.05, 4.69) is 28.6 Å². The minimum absolute atomic E-state index is 0. The maximum atomic E-state index is 14.7. The van der Waals surface area contributed by atoms with Crippen molar-refractivity contribution in [3.63, 3.8) is 0 Å². The predicted octanol–water partition coefficient (Wildman–Crippen LogP) is 7.31. The summed E-state index contributed by atoms with van der Waals surface area (Å²) < 4.78 is 13.8. The minimum Gasteiger partial charge on any atom is -0.508 e. The molecule has 244 valence electrons. The molecule has 0 saturated heterocycles. The summed E-state index contributed by atoms with van der Waals surface area (Å²) in [7, 11) is 0. The molecular formula is C38H35ClN4O5. The third kappa shape index (κ3) is 5.44. The number of rotatable bonds is 5. The molecule has 10 heteroatoms. The Labute approximate surface area is 284 Å². The summed E-state index contributed by atoms with van der Waals surface area (Å²) in [5, 5.41) is 9.98. The van der Waals surface area contributed by atoms with E-state index in [1.54, 1.807) is 59.8 Å². The molecule has 8 rings (SSSR count). The Bertz CT molecular complexity index is 2010. The molecule has 3 aliphatic rings. The highest BCUT2D eigenvalue weighted by Crippen LogP contribution is 2.43. The molecule has 2 amide bonds. The summed E-state index contributed by atoms with van der Waals surface area (Å²) in [6.45, 7) is 3.42. The van der Waals surface area contributed by atoms with E-state index in [0.29, 0.717) is 46.1 Å². The lowest BCUT2D eigenvalue weighted by Gasteiger charge is -2.35. The highest BCUT2D eigenvalue weighted by molar-refractivity contribution is 6.12. The number of anilines is 2. The molecule has 5 heterocycles. The zero-order valence-electron chi connectivity index (χ0n) is 26.5. The van der Waals surface area contributed by atoms with E-state index in [-0.39, 0.29) is 42.8 Å². The lowest BCUT2D eigenvalue weighted by molar-refractivity contribution is 0.0658. The number of hydrogen-bond donors (Lipinski definition) is 1. The molecule has 0 spiro atoms. The van der Waals surface area contributed by atoms with Crippen LogP contribution < -0.4 is 14.4 Å². The Morgan fingerprint density at radius 1 is 0.875 bits per heavy atom. The van der Waals surface area contributed by atoms with Crippen LogP contribution in [-0.4, -0.2) is 44.2 Å². The fourth-order valence-corrected chi connectivity index (χ4v) is 7.12. The van der Waals surface area contributed by atoms with Crippen LogP contribution in [0.2, 0.25) is 0 Å². The van der Waals surface area contributed by atoms with Gasteiger partial charge in [-0.1, -0.05) is 24.3 Å². The van der Waals surface area contributed by atoms with Crippen LogP contribution in [0.3, 0.4) is 0 Å². The molecule has 1 N–H and O–H groups in total. The fourth-order valence-electron chi connectivity index (χ4n) is 7.12. The van der Waals surface area contributed by atoms with Gasteiger partial charge in [-0.3, -0.25) is 19.5 Å². The van der Waals surface area contributed by atoms with Gasteiger partial charge in [0.2, 0.25) is 6.79 Å². The SMILES string of the molecule is C[C@@H]1Cc2ccccc2CN1C(=O)c1cc2c(cc1-c1cc(C(=O)N(c3ccncc3)c3ccc(O)cc3)c3n1CCCC3)OCO2.Cl. The van der Waals surface area contributed by atoms with Crippen molar-refractivity contribution >= 4 is 35.6 Å². The number of hydrogen-bond acceptors (Lipinski definition) is 6. The predicted molar refractivity (Wildman–Crippen MR) is 184 cm³/mol. The molecule has 2 aromatic heterocycles.